The van der Waals surface area contributed by atoms with Crippen LogP contribution in [0.3, 0.4) is 0 Å². The number of phenolic OH excluding ortho intramolecular Hbond substituents is 2. The Bertz CT molecular complexity index is 433. The summed E-state index contributed by atoms with van der Waals surface area (Å²) in [4.78, 5) is 12.5. The molecule has 1 aromatic carbocycles. The Kier molecular flexibility index (Phi) is 3.19. The number of aromatic hydroxyl groups is 2. The van der Waals surface area contributed by atoms with E-state index in [9.17, 15) is 9.90 Å². The minimum atomic E-state index is -0.613. The van der Waals surface area contributed by atoms with Crippen LogP contribution in [0.25, 0.3) is 0 Å². The maximum atomic E-state index is 11.4. The number of phenols is 2. The molecule has 0 radical (unpaired) electrons. The summed E-state index contributed by atoms with van der Waals surface area (Å²) in [5, 5.41) is 27.3. The van der Waals surface area contributed by atoms with Crippen molar-refractivity contribution in [2.24, 2.45) is 5.73 Å². The molecule has 2 amide bonds. The Hall–Kier alpha value is -2.44. The van der Waals surface area contributed by atoms with Gasteiger partial charge in [0.05, 0.1) is 0 Å². The van der Waals surface area contributed by atoms with Gasteiger partial charge in [-0.3, -0.25) is 15.6 Å². The number of nitrogens with zero attached hydrogens (tertiary/aromatic N) is 1. The van der Waals surface area contributed by atoms with Crippen molar-refractivity contribution in [3.63, 3.8) is 0 Å². The molecule has 0 spiro atoms. The maximum Gasteiger partial charge on any atom is 0.328 e. The molecule has 0 fully saturated rings. The second kappa shape index (κ2) is 4.39. The van der Waals surface area contributed by atoms with Crippen molar-refractivity contribution in [2.75, 3.05) is 11.9 Å². The number of carbonyl (C=O) groups is 1. The Morgan fingerprint density at radius 1 is 1.44 bits per heavy atom. The molecule has 0 aliphatic heterocycles. The molecule has 0 aliphatic rings. The van der Waals surface area contributed by atoms with E-state index >= 15 is 0 Å². The molecule has 16 heavy (non-hydrogen) atoms. The van der Waals surface area contributed by atoms with Gasteiger partial charge in [-0.25, -0.2) is 4.79 Å². The smallest absolute Gasteiger partial charge is 0.328 e. The zero-order chi connectivity index (χ0) is 12.3. The van der Waals surface area contributed by atoms with Crippen LogP contribution in [0.15, 0.2) is 18.2 Å². The number of benzene rings is 1. The summed E-state index contributed by atoms with van der Waals surface area (Å²) in [6, 6.07) is 3.30. The van der Waals surface area contributed by atoms with Crippen LogP contribution in [-0.2, 0) is 0 Å². The SMILES string of the molecule is CN(C(=O)NC(=N)N)c1ccc(O)c(O)c1. The minimum absolute atomic E-state index is 0.274. The Labute approximate surface area is 91.6 Å². The van der Waals surface area contributed by atoms with Gasteiger partial charge >= 0.3 is 6.03 Å². The molecule has 1 rings (SSSR count). The number of hydrogen-bond donors (Lipinski definition) is 5. The molecule has 7 nitrogen and oxygen atoms in total. The monoisotopic (exact) mass is 224 g/mol. The fourth-order valence-electron chi connectivity index (χ4n) is 1.04. The predicted molar refractivity (Wildman–Crippen MR) is 58.6 cm³/mol. The third-order valence-electron chi connectivity index (χ3n) is 1.89. The van der Waals surface area contributed by atoms with Crippen LogP contribution in [-0.4, -0.2) is 29.3 Å². The number of nitrogens with two attached hydrogens (primary N) is 1. The van der Waals surface area contributed by atoms with Crippen LogP contribution >= 0.6 is 0 Å². The van der Waals surface area contributed by atoms with E-state index in [-0.39, 0.29) is 11.5 Å². The van der Waals surface area contributed by atoms with E-state index in [1.807, 2.05) is 0 Å². The second-order valence-corrected chi connectivity index (χ2v) is 3.08. The molecule has 0 bridgehead atoms. The topological polar surface area (TPSA) is 123 Å². The first kappa shape index (κ1) is 11.6. The highest BCUT2D eigenvalue weighted by molar-refractivity contribution is 6.02. The summed E-state index contributed by atoms with van der Waals surface area (Å²) in [6.07, 6.45) is 0. The van der Waals surface area contributed by atoms with Gasteiger partial charge in [0.1, 0.15) is 0 Å². The highest BCUT2D eigenvalue weighted by atomic mass is 16.3. The number of anilines is 1. The zero-order valence-corrected chi connectivity index (χ0v) is 8.56. The van der Waals surface area contributed by atoms with E-state index in [0.717, 1.165) is 4.90 Å². The van der Waals surface area contributed by atoms with Crippen LogP contribution in [0.4, 0.5) is 10.5 Å². The molecule has 0 unspecified atom stereocenters. The Balaban J connectivity index is 2.87. The Morgan fingerprint density at radius 3 is 2.56 bits per heavy atom. The van der Waals surface area contributed by atoms with Gasteiger partial charge in [0.2, 0.25) is 0 Å². The highest BCUT2D eigenvalue weighted by Gasteiger charge is 2.12. The standard InChI is InChI=1S/C9H12N4O3/c1-13(9(16)12-8(10)11)5-2-3-6(14)7(15)4-5/h2-4,14-15H,1H3,(H4,10,11,12,16). The Morgan fingerprint density at radius 2 is 2.06 bits per heavy atom. The molecular formula is C9H12N4O3. The average molecular weight is 224 g/mol. The lowest BCUT2D eigenvalue weighted by Crippen LogP contribution is -2.43. The number of nitrogens with one attached hydrogen (secondary N) is 2. The largest absolute Gasteiger partial charge is 0.504 e. The van der Waals surface area contributed by atoms with Crippen molar-refractivity contribution in [3.05, 3.63) is 18.2 Å². The lowest BCUT2D eigenvalue weighted by Gasteiger charge is -2.17. The summed E-state index contributed by atoms with van der Waals surface area (Å²) in [6.45, 7) is 0. The van der Waals surface area contributed by atoms with E-state index in [1.54, 1.807) is 0 Å². The fraction of sp³-hybridized carbons (Fsp3) is 0.111. The summed E-state index contributed by atoms with van der Waals surface area (Å²) in [5.41, 5.74) is 5.35. The first-order chi connectivity index (χ1) is 7.41. The molecule has 86 valence electrons. The number of urea groups is 1. The molecular weight excluding hydrogens is 212 g/mol. The van der Waals surface area contributed by atoms with E-state index in [2.05, 4.69) is 5.32 Å². The lowest BCUT2D eigenvalue weighted by molar-refractivity contribution is 0.251. The predicted octanol–water partition coefficient (Wildman–Crippen LogP) is 0.137. The maximum absolute atomic E-state index is 11.4. The quantitative estimate of drug-likeness (QED) is 0.264. The fourth-order valence-corrected chi connectivity index (χ4v) is 1.04. The van der Waals surface area contributed by atoms with Crippen molar-refractivity contribution in [3.8, 4) is 11.5 Å². The van der Waals surface area contributed by atoms with Gasteiger partial charge in [-0.2, -0.15) is 0 Å². The van der Waals surface area contributed by atoms with E-state index in [1.165, 1.54) is 25.2 Å². The molecule has 0 aromatic heterocycles. The number of hydrogen-bond acceptors (Lipinski definition) is 4. The first-order valence-electron chi connectivity index (χ1n) is 4.32. The third-order valence-corrected chi connectivity index (χ3v) is 1.89. The second-order valence-electron chi connectivity index (χ2n) is 3.08. The zero-order valence-electron chi connectivity index (χ0n) is 8.56. The number of carbonyl (C=O) groups excluding carboxylic acids is 1. The van der Waals surface area contributed by atoms with Gasteiger partial charge in [0, 0.05) is 18.8 Å². The summed E-state index contributed by atoms with van der Waals surface area (Å²) in [7, 11) is 1.43. The lowest BCUT2D eigenvalue weighted by atomic mass is 10.2. The molecule has 0 atom stereocenters. The summed E-state index contributed by atoms with van der Waals surface area (Å²) < 4.78 is 0. The van der Waals surface area contributed by atoms with Crippen molar-refractivity contribution in [1.82, 2.24) is 5.32 Å². The molecule has 0 saturated heterocycles. The van der Waals surface area contributed by atoms with Gasteiger partial charge in [0.25, 0.3) is 0 Å². The van der Waals surface area contributed by atoms with Crippen LogP contribution in [0.1, 0.15) is 0 Å². The average Bonchev–Trinajstić information content (AvgIpc) is 2.20. The van der Waals surface area contributed by atoms with Gasteiger partial charge in [0.15, 0.2) is 17.5 Å². The van der Waals surface area contributed by atoms with Crippen molar-refractivity contribution in [1.29, 1.82) is 5.41 Å². The van der Waals surface area contributed by atoms with Gasteiger partial charge in [-0.15, -0.1) is 0 Å². The number of guanidine groups is 1. The van der Waals surface area contributed by atoms with E-state index in [0.29, 0.717) is 5.69 Å². The minimum Gasteiger partial charge on any atom is -0.504 e. The molecule has 0 heterocycles. The van der Waals surface area contributed by atoms with E-state index < -0.39 is 12.0 Å². The normalized spacial score (nSPS) is 9.56. The summed E-state index contributed by atoms with van der Waals surface area (Å²) in [5.74, 6) is -1.08. The first-order valence-corrected chi connectivity index (χ1v) is 4.32. The van der Waals surface area contributed by atoms with Crippen molar-refractivity contribution < 1.29 is 15.0 Å². The van der Waals surface area contributed by atoms with Gasteiger partial charge in [-0.1, -0.05) is 0 Å². The highest BCUT2D eigenvalue weighted by Crippen LogP contribution is 2.28. The summed E-state index contributed by atoms with van der Waals surface area (Å²) >= 11 is 0. The van der Waals surface area contributed by atoms with Crippen LogP contribution in [0.5, 0.6) is 11.5 Å². The van der Waals surface area contributed by atoms with Crippen molar-refractivity contribution >= 4 is 17.7 Å². The van der Waals surface area contributed by atoms with Gasteiger partial charge < -0.3 is 15.9 Å². The van der Waals surface area contributed by atoms with Gasteiger partial charge in [-0.05, 0) is 12.1 Å². The van der Waals surface area contributed by atoms with Crippen LogP contribution in [0.2, 0.25) is 0 Å². The van der Waals surface area contributed by atoms with Crippen molar-refractivity contribution in [2.45, 2.75) is 0 Å². The third kappa shape index (κ3) is 2.53. The molecule has 0 saturated carbocycles. The molecule has 7 heteroatoms. The van der Waals surface area contributed by atoms with Crippen LogP contribution in [0, 0.1) is 5.41 Å². The van der Waals surface area contributed by atoms with Crippen LogP contribution < -0.4 is 16.0 Å². The molecule has 1 aromatic rings. The van der Waals surface area contributed by atoms with E-state index in [4.69, 9.17) is 16.2 Å². The number of rotatable bonds is 1. The molecule has 6 N–H and O–H groups in total. The molecule has 0 aliphatic carbocycles. The number of amides is 2.